The molecule has 4 aromatic rings. The van der Waals surface area contributed by atoms with Crippen LogP contribution in [0.5, 0.6) is 5.75 Å². The van der Waals surface area contributed by atoms with E-state index in [-0.39, 0.29) is 18.9 Å². The van der Waals surface area contributed by atoms with Gasteiger partial charge < -0.3 is 24.3 Å². The van der Waals surface area contributed by atoms with Gasteiger partial charge in [0.2, 0.25) is 0 Å². The first-order valence-corrected chi connectivity index (χ1v) is 14.2. The number of rotatable bonds is 12. The smallest absolute Gasteiger partial charge is 0.497 e. The Morgan fingerprint density at radius 2 is 1.71 bits per heavy atom. The van der Waals surface area contributed by atoms with Gasteiger partial charge in [-0.15, -0.1) is 0 Å². The Hall–Kier alpha value is -3.41. The predicted octanol–water partition coefficient (Wildman–Crippen LogP) is 3.61. The number of nitrogens with one attached hydrogen (secondary N) is 1. The van der Waals surface area contributed by atoms with E-state index in [0.717, 1.165) is 28.0 Å². The molecule has 1 aromatic heterocycles. The molecule has 0 bridgehead atoms. The molecule has 2 atom stereocenters. The Labute approximate surface area is 256 Å². The van der Waals surface area contributed by atoms with Crippen LogP contribution in [0.1, 0.15) is 39.8 Å². The van der Waals surface area contributed by atoms with Gasteiger partial charge in [0.1, 0.15) is 29.4 Å². The molecule has 0 fully saturated rings. The van der Waals surface area contributed by atoms with Crippen molar-refractivity contribution >= 4 is 23.6 Å². The molecule has 4 rings (SSSR count). The van der Waals surface area contributed by atoms with Crippen LogP contribution in [0.2, 0.25) is 0 Å². The normalized spacial score (nSPS) is 12.2. The topological polar surface area (TPSA) is 98.0 Å². The van der Waals surface area contributed by atoms with Crippen LogP contribution in [-0.2, 0) is 9.53 Å². The van der Waals surface area contributed by atoms with Crippen molar-refractivity contribution in [2.45, 2.75) is 25.5 Å². The summed E-state index contributed by atoms with van der Waals surface area (Å²) in [6.07, 6.45) is 1.71. The van der Waals surface area contributed by atoms with E-state index in [1.807, 2.05) is 86.0 Å². The molecule has 9 heteroatoms. The molecule has 1 heterocycles. The van der Waals surface area contributed by atoms with E-state index < -0.39 is 24.0 Å². The second kappa shape index (κ2) is 15.0. The Bertz CT molecular complexity index is 1470. The van der Waals surface area contributed by atoms with Crippen molar-refractivity contribution in [2.24, 2.45) is 0 Å². The Morgan fingerprint density at radius 3 is 2.34 bits per heavy atom. The zero-order valence-electron chi connectivity index (χ0n) is 24.0. The minimum atomic E-state index is -1.05. The number of carbonyl (C=O) groups is 2. The summed E-state index contributed by atoms with van der Waals surface area (Å²) in [7, 11) is 3.23. The van der Waals surface area contributed by atoms with Crippen LogP contribution in [0.4, 0.5) is 0 Å². The zero-order chi connectivity index (χ0) is 28.6. The average Bonchev–Trinajstić information content (AvgIpc) is 3.45. The van der Waals surface area contributed by atoms with E-state index in [2.05, 4.69) is 5.32 Å². The van der Waals surface area contributed by atoms with Gasteiger partial charge >= 0.3 is 24.8 Å². The maximum atomic E-state index is 13.4. The molecule has 7 nitrogen and oxygen atoms in total. The number of carbonyl (C=O) groups excluding carboxylic acids is 1. The first-order valence-electron chi connectivity index (χ1n) is 12.9. The van der Waals surface area contributed by atoms with Gasteiger partial charge in [0.15, 0.2) is 0 Å². The number of benzene rings is 3. The van der Waals surface area contributed by atoms with Crippen LogP contribution in [-0.4, -0.2) is 49.3 Å². The maximum absolute atomic E-state index is 13.4. The number of ether oxygens (including phenoxy) is 2. The van der Waals surface area contributed by atoms with Gasteiger partial charge in [-0.05, 0) is 96.1 Å². The molecule has 2 unspecified atom stereocenters. The number of amides is 1. The van der Waals surface area contributed by atoms with Crippen LogP contribution in [0.25, 0.3) is 22.5 Å². The first kappa shape index (κ1) is 32.1. The maximum Gasteiger partial charge on any atom is 1.00 e. The molecule has 0 aliphatic carbocycles. The van der Waals surface area contributed by atoms with E-state index >= 15 is 0 Å². The summed E-state index contributed by atoms with van der Waals surface area (Å²) in [4.78, 5) is 25.2. The SMILES string of the molecule is COc1ccc(-c2ccc(C(OC)c3ccc(C(=O)NC(CCSC)C(=O)O)c(-c4ccccc4C)c3)o2)cc1.[Li+]. The Balaban J connectivity index is 0.00000462. The summed E-state index contributed by atoms with van der Waals surface area (Å²) in [5.74, 6) is 1.20. The van der Waals surface area contributed by atoms with Gasteiger partial charge in [0.05, 0.1) is 7.11 Å². The summed E-state index contributed by atoms with van der Waals surface area (Å²) in [5, 5.41) is 12.4. The van der Waals surface area contributed by atoms with Crippen molar-refractivity contribution < 1.29 is 47.4 Å². The molecule has 1 amide bonds. The van der Waals surface area contributed by atoms with Crippen molar-refractivity contribution in [3.63, 3.8) is 0 Å². The van der Waals surface area contributed by atoms with E-state index in [9.17, 15) is 14.7 Å². The second-order valence-electron chi connectivity index (χ2n) is 9.31. The zero-order valence-corrected chi connectivity index (χ0v) is 24.8. The van der Waals surface area contributed by atoms with Crippen molar-refractivity contribution in [1.29, 1.82) is 0 Å². The van der Waals surface area contributed by atoms with Gasteiger partial charge in [-0.2, -0.15) is 11.8 Å². The van der Waals surface area contributed by atoms with Crippen molar-refractivity contribution in [3.8, 4) is 28.2 Å². The number of carboxylic acid groups (broad SMARTS) is 1. The van der Waals surface area contributed by atoms with Crippen LogP contribution in [0.3, 0.4) is 0 Å². The van der Waals surface area contributed by atoms with Crippen LogP contribution in [0, 0.1) is 6.92 Å². The molecule has 0 aliphatic heterocycles. The van der Waals surface area contributed by atoms with E-state index in [1.165, 1.54) is 11.8 Å². The third kappa shape index (κ3) is 7.66. The van der Waals surface area contributed by atoms with Gasteiger partial charge in [0, 0.05) is 18.2 Å². The van der Waals surface area contributed by atoms with Crippen molar-refractivity contribution in [2.75, 3.05) is 26.2 Å². The van der Waals surface area contributed by atoms with Gasteiger partial charge in [-0.25, -0.2) is 4.79 Å². The Kier molecular flexibility index (Phi) is 11.7. The number of aryl methyl sites for hydroxylation is 1. The summed E-state index contributed by atoms with van der Waals surface area (Å²) >= 11 is 1.54. The third-order valence-electron chi connectivity index (χ3n) is 6.74. The van der Waals surface area contributed by atoms with Crippen LogP contribution in [0.15, 0.2) is 83.3 Å². The fraction of sp³-hybridized carbons (Fsp3) is 0.250. The van der Waals surface area contributed by atoms with Crippen molar-refractivity contribution in [3.05, 3.63) is 101 Å². The standard InChI is InChI=1S/C32H33NO6S.Li/c1-20-7-5-6-8-24(20)26-19-22(11-14-25(26)31(34)33-27(32(35)36)17-18-40-4)30(38-3)29-16-15-28(39-29)21-9-12-23(37-2)13-10-21;/h5-16,19,27,30H,17-18H2,1-4H3,(H,33,34)(H,35,36);/q;+1. The number of thioether (sulfide) groups is 1. The summed E-state index contributed by atoms with van der Waals surface area (Å²) in [5.41, 5.74) is 4.64. The van der Waals surface area contributed by atoms with Gasteiger partial charge in [-0.3, -0.25) is 4.79 Å². The average molecular weight is 567 g/mol. The summed E-state index contributed by atoms with van der Waals surface area (Å²) in [6.45, 7) is 1.98. The first-order chi connectivity index (χ1) is 19.4. The molecule has 0 spiro atoms. The molecule has 0 saturated carbocycles. The van der Waals surface area contributed by atoms with Crippen molar-refractivity contribution in [1.82, 2.24) is 5.32 Å². The largest absolute Gasteiger partial charge is 1.00 e. The second-order valence-corrected chi connectivity index (χ2v) is 10.3. The fourth-order valence-electron chi connectivity index (χ4n) is 4.57. The number of methoxy groups -OCH3 is 2. The third-order valence-corrected chi connectivity index (χ3v) is 7.38. The monoisotopic (exact) mass is 566 g/mol. The van der Waals surface area contributed by atoms with E-state index in [1.54, 1.807) is 20.3 Å². The number of aliphatic carboxylic acids is 1. The number of hydrogen-bond acceptors (Lipinski definition) is 6. The molecule has 0 radical (unpaired) electrons. The van der Waals surface area contributed by atoms with E-state index in [4.69, 9.17) is 13.9 Å². The molecule has 2 N–H and O–H groups in total. The Morgan fingerprint density at radius 1 is 0.976 bits per heavy atom. The molecule has 41 heavy (non-hydrogen) atoms. The minimum Gasteiger partial charge on any atom is -0.497 e. The number of carboxylic acids is 1. The fourth-order valence-corrected chi connectivity index (χ4v) is 5.04. The number of furan rings is 1. The predicted molar refractivity (Wildman–Crippen MR) is 158 cm³/mol. The van der Waals surface area contributed by atoms with Crippen LogP contribution >= 0.6 is 11.8 Å². The molecule has 0 saturated heterocycles. The van der Waals surface area contributed by atoms with Gasteiger partial charge in [0.25, 0.3) is 5.91 Å². The molecular weight excluding hydrogens is 533 g/mol. The molecule has 208 valence electrons. The minimum absolute atomic E-state index is 0. The molecular formula is C32H33LiNO6S+. The summed E-state index contributed by atoms with van der Waals surface area (Å²) in [6, 6.07) is 23.6. The quantitative estimate of drug-likeness (QED) is 0.253. The molecule has 3 aromatic carbocycles. The summed E-state index contributed by atoms with van der Waals surface area (Å²) < 4.78 is 17.3. The number of hydrogen-bond donors (Lipinski definition) is 2. The van der Waals surface area contributed by atoms with Gasteiger partial charge in [-0.1, -0.05) is 30.3 Å². The molecule has 0 aliphatic rings. The van der Waals surface area contributed by atoms with Crippen LogP contribution < -0.4 is 28.9 Å². The van der Waals surface area contributed by atoms with E-state index in [0.29, 0.717) is 34.8 Å².